The van der Waals surface area contributed by atoms with Gasteiger partial charge in [-0.1, -0.05) is 18.2 Å². The summed E-state index contributed by atoms with van der Waals surface area (Å²) in [6.45, 7) is 0.0967. The van der Waals surface area contributed by atoms with E-state index in [1.54, 1.807) is 23.1 Å². The minimum atomic E-state index is -3.63. The average Bonchev–Trinajstić information content (AvgIpc) is 3.39. The lowest BCUT2D eigenvalue weighted by atomic mass is 10.1. The minimum absolute atomic E-state index is 0.121. The third-order valence-electron chi connectivity index (χ3n) is 6.02. The molecule has 202 valence electrons. The fourth-order valence-electron chi connectivity index (χ4n) is 4.19. The maximum Gasteiger partial charge on any atom is 0.411 e. The number of hydrogen-bond acceptors (Lipinski definition) is 9. The fraction of sp³-hybridized carbons (Fsp3) is 0.440. The second-order valence-electron chi connectivity index (χ2n) is 8.19. The average molecular weight is 537 g/mol. The number of nitrogens with one attached hydrogen (secondary N) is 1. The Morgan fingerprint density at radius 1 is 1.03 bits per heavy atom. The van der Waals surface area contributed by atoms with E-state index in [2.05, 4.69) is 5.32 Å². The normalized spacial score (nSPS) is 15.5. The Morgan fingerprint density at radius 3 is 2.30 bits per heavy atom. The van der Waals surface area contributed by atoms with Crippen molar-refractivity contribution in [1.82, 2.24) is 4.90 Å². The van der Waals surface area contributed by atoms with E-state index in [1.165, 1.54) is 52.7 Å². The Hall–Kier alpha value is -3.35. The Balaban J connectivity index is 1.79. The van der Waals surface area contributed by atoms with Crippen LogP contribution < -0.4 is 14.8 Å². The molecule has 0 saturated carbocycles. The largest absolute Gasteiger partial charge is 0.493 e. The molecule has 1 heterocycles. The van der Waals surface area contributed by atoms with Crippen LogP contribution in [0.15, 0.2) is 47.4 Å². The zero-order valence-electron chi connectivity index (χ0n) is 21.3. The number of anilines is 1. The van der Waals surface area contributed by atoms with Crippen molar-refractivity contribution in [2.75, 3.05) is 52.7 Å². The van der Waals surface area contributed by atoms with Crippen molar-refractivity contribution in [3.05, 3.63) is 48.0 Å². The van der Waals surface area contributed by atoms with E-state index < -0.39 is 28.0 Å². The quantitative estimate of drug-likeness (QED) is 0.431. The molecule has 0 aromatic heterocycles. The third kappa shape index (κ3) is 6.70. The van der Waals surface area contributed by atoms with Gasteiger partial charge in [0.05, 0.1) is 42.2 Å². The number of amides is 2. The van der Waals surface area contributed by atoms with Gasteiger partial charge < -0.3 is 28.6 Å². The molecule has 0 spiro atoms. The molecule has 1 aliphatic rings. The number of benzene rings is 2. The number of nitrogens with zero attached hydrogens (tertiary/aromatic N) is 1. The van der Waals surface area contributed by atoms with Crippen molar-refractivity contribution in [2.45, 2.75) is 30.1 Å². The van der Waals surface area contributed by atoms with Crippen LogP contribution in [-0.4, -0.2) is 85.0 Å². The van der Waals surface area contributed by atoms with Crippen molar-refractivity contribution >= 4 is 27.5 Å². The second-order valence-corrected chi connectivity index (χ2v) is 10.3. The van der Waals surface area contributed by atoms with Gasteiger partial charge in [-0.05, 0) is 31.0 Å². The summed E-state index contributed by atoms with van der Waals surface area (Å²) >= 11 is 0. The summed E-state index contributed by atoms with van der Waals surface area (Å²) in [6.07, 6.45) is -0.0895. The van der Waals surface area contributed by atoms with Gasteiger partial charge in [0, 0.05) is 26.8 Å². The van der Waals surface area contributed by atoms with Gasteiger partial charge in [-0.3, -0.25) is 10.1 Å². The van der Waals surface area contributed by atoms with E-state index in [4.69, 9.17) is 23.7 Å². The lowest BCUT2D eigenvalue weighted by Gasteiger charge is -2.30. The number of ether oxygens (including phenoxy) is 5. The molecule has 1 fully saturated rings. The van der Waals surface area contributed by atoms with Crippen LogP contribution in [0.25, 0.3) is 0 Å². The van der Waals surface area contributed by atoms with Crippen LogP contribution in [-0.2, 0) is 24.0 Å². The van der Waals surface area contributed by atoms with E-state index in [9.17, 15) is 18.0 Å². The highest BCUT2D eigenvalue weighted by Crippen LogP contribution is 2.35. The lowest BCUT2D eigenvalue weighted by Crippen LogP contribution is -2.44. The Labute approximate surface area is 216 Å². The smallest absolute Gasteiger partial charge is 0.411 e. The topological polar surface area (TPSA) is 130 Å². The molecule has 1 atom stereocenters. The minimum Gasteiger partial charge on any atom is -0.493 e. The molecule has 1 saturated heterocycles. The molecule has 0 aliphatic carbocycles. The maximum atomic E-state index is 13.6. The van der Waals surface area contributed by atoms with Gasteiger partial charge in [0.1, 0.15) is 6.61 Å². The maximum absolute atomic E-state index is 13.6. The van der Waals surface area contributed by atoms with Crippen molar-refractivity contribution in [3.8, 4) is 11.5 Å². The van der Waals surface area contributed by atoms with Crippen LogP contribution in [0.4, 0.5) is 10.5 Å². The van der Waals surface area contributed by atoms with Crippen molar-refractivity contribution in [3.63, 3.8) is 0 Å². The van der Waals surface area contributed by atoms with Gasteiger partial charge >= 0.3 is 6.09 Å². The van der Waals surface area contributed by atoms with Crippen LogP contribution in [0, 0.1) is 0 Å². The molecule has 37 heavy (non-hydrogen) atoms. The molecular weight excluding hydrogens is 504 g/mol. The number of methoxy groups -OCH3 is 4. The fourth-order valence-corrected chi connectivity index (χ4v) is 5.30. The summed E-state index contributed by atoms with van der Waals surface area (Å²) in [5.74, 6) is -0.188. The molecule has 0 bridgehead atoms. The Morgan fingerprint density at radius 2 is 1.68 bits per heavy atom. The lowest BCUT2D eigenvalue weighted by molar-refractivity contribution is -0.134. The summed E-state index contributed by atoms with van der Waals surface area (Å²) in [5.41, 5.74) is 0.264. The monoisotopic (exact) mass is 536 g/mol. The summed E-state index contributed by atoms with van der Waals surface area (Å²) < 4.78 is 51.4. The molecule has 2 amide bonds. The van der Waals surface area contributed by atoms with E-state index in [1.807, 2.05) is 0 Å². The van der Waals surface area contributed by atoms with E-state index in [0.717, 1.165) is 6.42 Å². The molecule has 0 unspecified atom stereocenters. The van der Waals surface area contributed by atoms with Crippen LogP contribution in [0.2, 0.25) is 0 Å². The standard InChI is InChI=1S/C25H32N2O9S/c1-32-21-15-18(23(28)27-12-8-11-20(27)24(34-3)35-4)19(16-22(21)33-2)26-25(29)36-13-14-37(30,31)17-9-6-5-7-10-17/h5-7,9-10,15-16,20,24H,8,11-14H2,1-4H3,(H,26,29)/t20-/m1/s1. The second kappa shape index (κ2) is 12.7. The van der Waals surface area contributed by atoms with E-state index in [0.29, 0.717) is 18.7 Å². The van der Waals surface area contributed by atoms with E-state index in [-0.39, 0.29) is 40.5 Å². The molecule has 0 radical (unpaired) electrons. The van der Waals surface area contributed by atoms with Crippen molar-refractivity contribution < 1.29 is 41.7 Å². The number of likely N-dealkylation sites (tertiary alicyclic amines) is 1. The number of carbonyl (C=O) groups excluding carboxylic acids is 2. The summed E-state index contributed by atoms with van der Waals surface area (Å²) in [6, 6.07) is 10.5. The molecule has 2 aromatic rings. The van der Waals surface area contributed by atoms with Crippen molar-refractivity contribution in [2.24, 2.45) is 0 Å². The van der Waals surface area contributed by atoms with Gasteiger partial charge in [0.25, 0.3) is 5.91 Å². The molecule has 11 nitrogen and oxygen atoms in total. The highest BCUT2D eigenvalue weighted by Gasteiger charge is 2.37. The first-order chi connectivity index (χ1) is 17.7. The Kier molecular flexibility index (Phi) is 9.73. The molecule has 1 N–H and O–H groups in total. The summed E-state index contributed by atoms with van der Waals surface area (Å²) in [4.78, 5) is 28.0. The van der Waals surface area contributed by atoms with Gasteiger partial charge in [-0.2, -0.15) is 0 Å². The van der Waals surface area contributed by atoms with Gasteiger partial charge in [-0.25, -0.2) is 13.2 Å². The highest BCUT2D eigenvalue weighted by molar-refractivity contribution is 7.91. The van der Waals surface area contributed by atoms with Crippen LogP contribution in [0.1, 0.15) is 23.2 Å². The van der Waals surface area contributed by atoms with Gasteiger partial charge in [0.15, 0.2) is 27.6 Å². The summed E-state index contributed by atoms with van der Waals surface area (Å²) in [7, 11) is 2.25. The molecular formula is C25H32N2O9S. The van der Waals surface area contributed by atoms with Gasteiger partial charge in [0.2, 0.25) is 0 Å². The molecule has 3 rings (SSSR count). The molecule has 12 heteroatoms. The zero-order chi connectivity index (χ0) is 27.0. The summed E-state index contributed by atoms with van der Waals surface area (Å²) in [5, 5.41) is 2.54. The SMILES string of the molecule is COc1cc(NC(=O)OCCS(=O)(=O)c2ccccc2)c(C(=O)N2CCC[C@@H]2C(OC)OC)cc1OC. The predicted octanol–water partition coefficient (Wildman–Crippen LogP) is 2.95. The van der Waals surface area contributed by atoms with Crippen LogP contribution >= 0.6 is 0 Å². The first-order valence-electron chi connectivity index (χ1n) is 11.6. The first-order valence-corrected chi connectivity index (χ1v) is 13.2. The third-order valence-corrected chi connectivity index (χ3v) is 7.71. The zero-order valence-corrected chi connectivity index (χ0v) is 22.1. The predicted molar refractivity (Wildman–Crippen MR) is 135 cm³/mol. The number of carbonyl (C=O) groups is 2. The number of hydrogen-bond donors (Lipinski definition) is 1. The number of rotatable bonds is 11. The number of sulfone groups is 1. The van der Waals surface area contributed by atoms with Gasteiger partial charge in [-0.15, -0.1) is 0 Å². The highest BCUT2D eigenvalue weighted by atomic mass is 32.2. The Bertz CT molecular complexity index is 1180. The van der Waals surface area contributed by atoms with Crippen LogP contribution in [0.5, 0.6) is 11.5 Å². The molecule has 1 aliphatic heterocycles. The molecule has 2 aromatic carbocycles. The van der Waals surface area contributed by atoms with Crippen LogP contribution in [0.3, 0.4) is 0 Å². The van der Waals surface area contributed by atoms with E-state index >= 15 is 0 Å². The van der Waals surface area contributed by atoms with Crippen molar-refractivity contribution in [1.29, 1.82) is 0 Å². The first kappa shape index (κ1) is 28.2.